The van der Waals surface area contributed by atoms with E-state index in [-0.39, 0.29) is 62.3 Å². The molecule has 3 aromatic carbocycles. The number of hydrogen-bond donors (Lipinski definition) is 7. The van der Waals surface area contributed by atoms with Gasteiger partial charge in [-0.3, -0.25) is 19.5 Å². The van der Waals surface area contributed by atoms with Crippen molar-refractivity contribution in [3.05, 3.63) is 97.9 Å². The normalized spacial score (nSPS) is 14.3. The summed E-state index contributed by atoms with van der Waals surface area (Å²) < 4.78 is 124. The first-order valence-electron chi connectivity index (χ1n) is 21.6. The summed E-state index contributed by atoms with van der Waals surface area (Å²) in [7, 11) is -6.48. The fraction of sp³-hybridized carbons (Fsp3) is 0.318. The summed E-state index contributed by atoms with van der Waals surface area (Å²) in [6, 6.07) is 7.41. The zero-order valence-corrected chi connectivity index (χ0v) is 44.5. The zero-order valence-electron chi connectivity index (χ0n) is 40.6. The van der Waals surface area contributed by atoms with E-state index in [1.165, 1.54) is 48.8 Å². The van der Waals surface area contributed by atoms with Crippen LogP contribution in [0.3, 0.4) is 0 Å². The molecule has 2 aliphatic rings. The van der Waals surface area contributed by atoms with Crippen LogP contribution in [0.15, 0.2) is 70.8 Å². The van der Waals surface area contributed by atoms with Gasteiger partial charge in [-0.25, -0.2) is 41.6 Å². The first-order valence-corrected chi connectivity index (χ1v) is 26.5. The molecule has 1 aromatic heterocycles. The second kappa shape index (κ2) is 29.1. The monoisotopic (exact) mass is 1210 g/mol. The first-order chi connectivity index (χ1) is 36.3. The van der Waals surface area contributed by atoms with Crippen molar-refractivity contribution < 1.29 is 108 Å². The van der Waals surface area contributed by atoms with Crippen LogP contribution in [0.1, 0.15) is 66.7 Å². The van der Waals surface area contributed by atoms with Gasteiger partial charge in [0.1, 0.15) is 28.1 Å². The highest BCUT2D eigenvalue weighted by atomic mass is 35.5. The molecule has 2 unspecified atom stereocenters. The van der Waals surface area contributed by atoms with Gasteiger partial charge < -0.3 is 49.6 Å². The van der Waals surface area contributed by atoms with E-state index in [1.807, 2.05) is 0 Å². The molecule has 2 fully saturated rings. The number of allylic oxidation sites excluding steroid dienone is 1. The third kappa shape index (κ3) is 19.7. The molecule has 78 heavy (non-hydrogen) atoms. The third-order valence-corrected chi connectivity index (χ3v) is 13.1. The number of rotatable bonds is 17. The average Bonchev–Trinajstić information content (AvgIpc) is 3.96. The van der Waals surface area contributed by atoms with E-state index in [9.17, 15) is 63.7 Å². The Morgan fingerprint density at radius 3 is 1.94 bits per heavy atom. The topological polar surface area (TPSA) is 360 Å². The number of carboxylic acid groups (broad SMARTS) is 3. The summed E-state index contributed by atoms with van der Waals surface area (Å²) in [5, 5.41) is 28.2. The maximum atomic E-state index is 14.3. The minimum Gasteiger partial charge on any atom is -0.494 e. The van der Waals surface area contributed by atoms with Crippen LogP contribution >= 0.6 is 42.2 Å². The summed E-state index contributed by atoms with van der Waals surface area (Å²) in [6.07, 6.45) is 3.00. The Hall–Kier alpha value is -7.08. The number of imide groups is 1. The van der Waals surface area contributed by atoms with Crippen LogP contribution < -0.4 is 39.6 Å². The summed E-state index contributed by atoms with van der Waals surface area (Å²) in [5.41, 5.74) is 4.64. The van der Waals surface area contributed by atoms with Gasteiger partial charge in [-0.15, -0.1) is 0 Å². The summed E-state index contributed by atoms with van der Waals surface area (Å²) in [5.74, 6) is -8.00. The van der Waals surface area contributed by atoms with Gasteiger partial charge in [-0.05, 0) is 81.9 Å². The Morgan fingerprint density at radius 1 is 0.897 bits per heavy atom. The SMILES string of the molecule is CC(C)=C1OC(=O)N(c2cc(OC3CCCC3)c(Cl)cc2F)C1=O.COc1c(Cl)ccc(Cl)c1C(=O)O.CP(=O)(O)CCC(N)C(=O)O.O=C(Nc1nc(OC(F)F)cc(OC(F)F)n1)NS(=O)(=O)c1ccccc1C(=O)O. The summed E-state index contributed by atoms with van der Waals surface area (Å²) in [6.45, 7) is -2.36. The van der Waals surface area contributed by atoms with Gasteiger partial charge in [0.2, 0.25) is 17.7 Å². The van der Waals surface area contributed by atoms with Crippen molar-refractivity contribution in [1.29, 1.82) is 0 Å². The largest absolute Gasteiger partial charge is 0.494 e. The number of urea groups is 1. The highest BCUT2D eigenvalue weighted by Gasteiger charge is 2.40. The Kier molecular flexibility index (Phi) is 24.3. The van der Waals surface area contributed by atoms with Crippen molar-refractivity contribution in [3.63, 3.8) is 0 Å². The van der Waals surface area contributed by atoms with Gasteiger partial charge in [-0.1, -0.05) is 46.9 Å². The van der Waals surface area contributed by atoms with E-state index in [1.54, 1.807) is 19.2 Å². The molecule has 4 amide bonds. The number of hydrogen-bond acceptors (Lipinski definition) is 17. The van der Waals surface area contributed by atoms with Crippen molar-refractivity contribution in [2.45, 2.75) is 76.2 Å². The zero-order chi connectivity index (χ0) is 59.0. The number of cyclic esters (lactones) is 1. The summed E-state index contributed by atoms with van der Waals surface area (Å²) in [4.78, 5) is 83.5. The van der Waals surface area contributed by atoms with Gasteiger partial charge in [-0.2, -0.15) is 27.5 Å². The average molecular weight is 1210 g/mol. The Morgan fingerprint density at radius 2 is 1.46 bits per heavy atom. The molecule has 24 nitrogen and oxygen atoms in total. The molecule has 4 aromatic rings. The van der Waals surface area contributed by atoms with E-state index in [4.69, 9.17) is 75.0 Å². The molecule has 1 saturated carbocycles. The number of carboxylic acids is 3. The van der Waals surface area contributed by atoms with E-state index in [2.05, 4.69) is 19.4 Å². The Labute approximate surface area is 453 Å². The second-order valence-electron chi connectivity index (χ2n) is 15.8. The molecular formula is C44H45Cl3F5N6O18PS. The van der Waals surface area contributed by atoms with Gasteiger partial charge in [0.05, 0.1) is 45.6 Å². The number of anilines is 2. The molecule has 0 spiro atoms. The number of methoxy groups -OCH3 is 1. The molecule has 426 valence electrons. The number of aliphatic carboxylic acids is 1. The summed E-state index contributed by atoms with van der Waals surface area (Å²) >= 11 is 17.4. The number of nitrogens with zero attached hydrogens (tertiary/aromatic N) is 3. The third-order valence-electron chi connectivity index (χ3n) is 9.67. The fourth-order valence-corrected chi connectivity index (χ4v) is 8.75. The maximum Gasteiger partial charge on any atom is 0.427 e. The van der Waals surface area contributed by atoms with Crippen molar-refractivity contribution in [2.24, 2.45) is 5.73 Å². The second-order valence-corrected chi connectivity index (χ2v) is 21.3. The van der Waals surface area contributed by atoms with Crippen LogP contribution in [0.4, 0.5) is 43.2 Å². The molecule has 2 atom stereocenters. The lowest BCUT2D eigenvalue weighted by Crippen LogP contribution is -2.35. The number of benzene rings is 3. The Balaban J connectivity index is 0.000000295. The number of halogens is 8. The minimum atomic E-state index is -4.71. The number of nitrogens with one attached hydrogen (secondary N) is 2. The molecule has 2 heterocycles. The number of aromatic nitrogens is 2. The molecule has 0 radical (unpaired) electrons. The van der Waals surface area contributed by atoms with Crippen LogP contribution in [0, 0.1) is 5.82 Å². The maximum absolute atomic E-state index is 14.3. The quantitative estimate of drug-likeness (QED) is 0.0295. The number of alkyl halides is 4. The number of ether oxygens (including phenoxy) is 5. The van der Waals surface area contributed by atoms with Crippen molar-refractivity contribution in [3.8, 4) is 23.3 Å². The lowest BCUT2D eigenvalue weighted by atomic mass is 10.2. The van der Waals surface area contributed by atoms with Gasteiger partial charge >= 0.3 is 49.2 Å². The molecule has 8 N–H and O–H groups in total. The van der Waals surface area contributed by atoms with Crippen molar-refractivity contribution in [1.82, 2.24) is 14.7 Å². The van der Waals surface area contributed by atoms with Crippen LogP contribution in [-0.2, 0) is 28.9 Å². The first kappa shape index (κ1) is 65.2. The van der Waals surface area contributed by atoms with Crippen molar-refractivity contribution in [2.75, 3.05) is 30.2 Å². The molecule has 1 saturated heterocycles. The molecule has 1 aliphatic carbocycles. The van der Waals surface area contributed by atoms with Gasteiger partial charge in [0.25, 0.3) is 10.0 Å². The van der Waals surface area contributed by atoms with E-state index < -0.39 is 107 Å². The van der Waals surface area contributed by atoms with Crippen molar-refractivity contribution >= 4 is 99.8 Å². The standard InChI is InChI=1S/C17H17ClFNO4.C14H10F4N4O7S.C8H6Cl2O3.C5H12NO4P/c1-9(2)15-16(21)20(17(22)24-15)13-8-14(11(18)7-12(13)19)23-10-5-3-4-6-10;15-11(16)28-8-5-9(29-12(17)18)20-13(19-8)21-14(25)22-30(26,27)7-4-2-1-3-6(7)10(23)24;1-13-7-5(10)3-2-4(9)6(7)8(11)12;1-11(9,10)3-2-4(6)5(7)8/h7-8,10H,3-6H2,1-2H3;1-5,11-12H,(H,23,24)(H2,19,20,21,22,25);2-3H,1H3,(H,11,12);4H,2-3,6H2,1H3,(H,7,8)(H,9,10). The highest BCUT2D eigenvalue weighted by Crippen LogP contribution is 2.39. The number of aromatic carboxylic acids is 2. The molecule has 34 heteroatoms. The number of amides is 4. The number of nitrogens with two attached hydrogens (primary N) is 1. The van der Waals surface area contributed by atoms with Gasteiger partial charge in [0, 0.05) is 18.9 Å². The predicted octanol–water partition coefficient (Wildman–Crippen LogP) is 8.85. The highest BCUT2D eigenvalue weighted by molar-refractivity contribution is 7.90. The van der Waals surface area contributed by atoms with Crippen LogP contribution in [0.2, 0.25) is 15.1 Å². The van der Waals surface area contributed by atoms with E-state index in [0.29, 0.717) is 16.5 Å². The van der Waals surface area contributed by atoms with Gasteiger partial charge in [0.15, 0.2) is 18.9 Å². The smallest absolute Gasteiger partial charge is 0.427 e. The van der Waals surface area contributed by atoms with Crippen LogP contribution in [0.25, 0.3) is 0 Å². The van der Waals surface area contributed by atoms with E-state index >= 15 is 0 Å². The Bertz CT molecular complexity index is 3050. The lowest BCUT2D eigenvalue weighted by molar-refractivity contribution is -0.138. The fourth-order valence-electron chi connectivity index (χ4n) is 6.23. The molecule has 6 rings (SSSR count). The lowest BCUT2D eigenvalue weighted by Gasteiger charge is -2.18. The minimum absolute atomic E-state index is 0.00962. The molecule has 1 aliphatic heterocycles. The molecular weight excluding hydrogens is 1160 g/mol. The number of carbonyl (C=O) groups excluding carboxylic acids is 3. The number of carbonyl (C=O) groups is 6. The number of sulfonamides is 1. The van der Waals surface area contributed by atoms with E-state index in [0.717, 1.165) is 43.9 Å². The van der Waals surface area contributed by atoms with Crippen LogP contribution in [-0.4, -0.2) is 120 Å². The molecule has 0 bridgehead atoms. The van der Waals surface area contributed by atoms with Crippen LogP contribution in [0.5, 0.6) is 23.3 Å². The predicted molar refractivity (Wildman–Crippen MR) is 265 cm³/mol.